The van der Waals surface area contributed by atoms with Crippen LogP contribution in [0.5, 0.6) is 0 Å². The maximum absolute atomic E-state index is 4.46. The number of nitrogens with one attached hydrogen (secondary N) is 1. The second kappa shape index (κ2) is 7.76. The number of hydrogen-bond acceptors (Lipinski definition) is 4. The van der Waals surface area contributed by atoms with Crippen LogP contribution in [-0.4, -0.2) is 18.6 Å². The maximum Gasteiger partial charge on any atom is 0.128 e. The van der Waals surface area contributed by atoms with E-state index in [1.165, 1.54) is 10.4 Å². The molecule has 0 saturated heterocycles. The lowest BCUT2D eigenvalue weighted by Crippen LogP contribution is -2.18. The molecule has 2 aromatic rings. The van der Waals surface area contributed by atoms with Gasteiger partial charge in [0.15, 0.2) is 0 Å². The standard InChI is InChI=1S/C15H20BrN3S/c1-3-5-17-9-12-4-6-18-15(7-12)19(2)10-14-8-13(16)11-20-14/h4,6-8,11,17H,3,5,9-10H2,1-2H3. The summed E-state index contributed by atoms with van der Waals surface area (Å²) in [6.45, 7) is 5.02. The fourth-order valence-electron chi connectivity index (χ4n) is 1.94. The van der Waals surface area contributed by atoms with Crippen molar-refractivity contribution in [2.75, 3.05) is 18.5 Å². The van der Waals surface area contributed by atoms with Crippen molar-refractivity contribution in [2.24, 2.45) is 0 Å². The monoisotopic (exact) mass is 353 g/mol. The largest absolute Gasteiger partial charge is 0.355 e. The topological polar surface area (TPSA) is 28.2 Å². The molecule has 0 atom stereocenters. The molecule has 2 aromatic heterocycles. The van der Waals surface area contributed by atoms with Crippen LogP contribution < -0.4 is 10.2 Å². The van der Waals surface area contributed by atoms with Crippen LogP contribution in [0.25, 0.3) is 0 Å². The van der Waals surface area contributed by atoms with Gasteiger partial charge < -0.3 is 10.2 Å². The molecule has 0 radical (unpaired) electrons. The molecule has 2 heterocycles. The predicted molar refractivity (Wildman–Crippen MR) is 90.4 cm³/mol. The van der Waals surface area contributed by atoms with Gasteiger partial charge in [0, 0.05) is 34.5 Å². The summed E-state index contributed by atoms with van der Waals surface area (Å²) >= 11 is 5.26. The molecule has 0 aromatic carbocycles. The fraction of sp³-hybridized carbons (Fsp3) is 0.400. The Kier molecular flexibility index (Phi) is 6.01. The van der Waals surface area contributed by atoms with Crippen LogP contribution >= 0.6 is 27.3 Å². The molecule has 0 saturated carbocycles. The Balaban J connectivity index is 1.98. The summed E-state index contributed by atoms with van der Waals surface area (Å²) in [5.74, 6) is 1.02. The number of rotatable bonds is 7. The molecule has 5 heteroatoms. The average Bonchev–Trinajstić information content (AvgIpc) is 2.85. The number of nitrogens with zero attached hydrogens (tertiary/aromatic N) is 2. The summed E-state index contributed by atoms with van der Waals surface area (Å²) in [4.78, 5) is 7.97. The second-order valence-corrected chi connectivity index (χ2v) is 6.70. The van der Waals surface area contributed by atoms with Crippen molar-refractivity contribution in [3.63, 3.8) is 0 Å². The summed E-state index contributed by atoms with van der Waals surface area (Å²) in [7, 11) is 2.08. The van der Waals surface area contributed by atoms with Crippen molar-refractivity contribution in [1.82, 2.24) is 10.3 Å². The van der Waals surface area contributed by atoms with Gasteiger partial charge in [0.1, 0.15) is 5.82 Å². The van der Waals surface area contributed by atoms with E-state index < -0.39 is 0 Å². The molecule has 0 bridgehead atoms. The number of anilines is 1. The molecule has 108 valence electrons. The van der Waals surface area contributed by atoms with E-state index in [4.69, 9.17) is 0 Å². The first-order valence-corrected chi connectivity index (χ1v) is 8.46. The van der Waals surface area contributed by atoms with Crippen LogP contribution in [0.15, 0.2) is 34.2 Å². The van der Waals surface area contributed by atoms with Gasteiger partial charge in [-0.25, -0.2) is 4.98 Å². The zero-order valence-electron chi connectivity index (χ0n) is 11.9. The van der Waals surface area contributed by atoms with Crippen LogP contribution in [0, 0.1) is 0 Å². The van der Waals surface area contributed by atoms with Gasteiger partial charge in [-0.2, -0.15) is 0 Å². The molecule has 2 rings (SSSR count). The Morgan fingerprint density at radius 1 is 1.40 bits per heavy atom. The molecule has 20 heavy (non-hydrogen) atoms. The lowest BCUT2D eigenvalue weighted by molar-refractivity contribution is 0.674. The summed E-state index contributed by atoms with van der Waals surface area (Å²) < 4.78 is 1.15. The molecule has 0 aliphatic heterocycles. The minimum atomic E-state index is 0.884. The quantitative estimate of drug-likeness (QED) is 0.761. The molecule has 3 nitrogen and oxygen atoms in total. The van der Waals surface area contributed by atoms with Gasteiger partial charge >= 0.3 is 0 Å². The van der Waals surface area contributed by atoms with Gasteiger partial charge in [-0.05, 0) is 52.7 Å². The Morgan fingerprint density at radius 3 is 2.95 bits per heavy atom. The minimum Gasteiger partial charge on any atom is -0.355 e. The highest BCUT2D eigenvalue weighted by molar-refractivity contribution is 9.10. The SMILES string of the molecule is CCCNCc1ccnc(N(C)Cc2cc(Br)cs2)c1. The van der Waals surface area contributed by atoms with Crippen LogP contribution in [0.1, 0.15) is 23.8 Å². The van der Waals surface area contributed by atoms with E-state index in [1.54, 1.807) is 11.3 Å². The number of hydrogen-bond donors (Lipinski definition) is 1. The molecule has 0 unspecified atom stereocenters. The van der Waals surface area contributed by atoms with Gasteiger partial charge in [0.05, 0.1) is 6.54 Å². The molecule has 0 spiro atoms. The van der Waals surface area contributed by atoms with Crippen molar-refractivity contribution in [3.8, 4) is 0 Å². The number of pyridine rings is 1. The summed E-state index contributed by atoms with van der Waals surface area (Å²) in [6, 6.07) is 6.39. The Labute approximate surface area is 133 Å². The summed E-state index contributed by atoms with van der Waals surface area (Å²) in [5.41, 5.74) is 1.28. The second-order valence-electron chi connectivity index (χ2n) is 4.79. The van der Waals surface area contributed by atoms with E-state index in [0.717, 1.165) is 36.3 Å². The molecule has 1 N–H and O–H groups in total. The third-order valence-electron chi connectivity index (χ3n) is 2.97. The Bertz CT molecular complexity index is 541. The van der Waals surface area contributed by atoms with Crippen LogP contribution in [0.2, 0.25) is 0 Å². The molecular weight excluding hydrogens is 334 g/mol. The smallest absolute Gasteiger partial charge is 0.128 e. The highest BCUT2D eigenvalue weighted by Crippen LogP contribution is 2.22. The highest BCUT2D eigenvalue weighted by Gasteiger charge is 2.06. The fourth-order valence-corrected chi connectivity index (χ4v) is 3.44. The highest BCUT2D eigenvalue weighted by atomic mass is 79.9. The lowest BCUT2D eigenvalue weighted by atomic mass is 10.2. The van der Waals surface area contributed by atoms with E-state index in [-0.39, 0.29) is 0 Å². The van der Waals surface area contributed by atoms with Crippen molar-refractivity contribution < 1.29 is 0 Å². The minimum absolute atomic E-state index is 0.884. The van der Waals surface area contributed by atoms with Gasteiger partial charge in [0.25, 0.3) is 0 Å². The van der Waals surface area contributed by atoms with Gasteiger partial charge in [-0.3, -0.25) is 0 Å². The molecular formula is C15H20BrN3S. The zero-order chi connectivity index (χ0) is 14.4. The van der Waals surface area contributed by atoms with Crippen molar-refractivity contribution >= 4 is 33.1 Å². The number of halogens is 1. The third-order valence-corrected chi connectivity index (χ3v) is 4.65. The first-order chi connectivity index (χ1) is 9.69. The van der Waals surface area contributed by atoms with Crippen LogP contribution in [0.3, 0.4) is 0 Å². The molecule has 0 amide bonds. The first-order valence-electron chi connectivity index (χ1n) is 6.78. The van der Waals surface area contributed by atoms with E-state index >= 15 is 0 Å². The lowest BCUT2D eigenvalue weighted by Gasteiger charge is -2.18. The number of thiophene rings is 1. The van der Waals surface area contributed by atoms with E-state index in [1.807, 2.05) is 6.20 Å². The molecule has 0 fully saturated rings. The Morgan fingerprint density at radius 2 is 2.25 bits per heavy atom. The van der Waals surface area contributed by atoms with Crippen molar-refractivity contribution in [2.45, 2.75) is 26.4 Å². The predicted octanol–water partition coefficient (Wildman–Crippen LogP) is 4.04. The zero-order valence-corrected chi connectivity index (χ0v) is 14.3. The van der Waals surface area contributed by atoms with Gasteiger partial charge in [-0.1, -0.05) is 6.92 Å². The Hall–Kier alpha value is -0.910. The van der Waals surface area contributed by atoms with E-state index in [2.05, 4.69) is 68.7 Å². The van der Waals surface area contributed by atoms with Crippen LogP contribution in [0.4, 0.5) is 5.82 Å². The van der Waals surface area contributed by atoms with Gasteiger partial charge in [0.2, 0.25) is 0 Å². The normalized spacial score (nSPS) is 10.8. The summed E-state index contributed by atoms with van der Waals surface area (Å²) in [5, 5.41) is 5.53. The first kappa shape index (κ1) is 15.5. The van der Waals surface area contributed by atoms with Crippen molar-refractivity contribution in [1.29, 1.82) is 0 Å². The maximum atomic E-state index is 4.46. The third kappa shape index (κ3) is 4.58. The van der Waals surface area contributed by atoms with Crippen LogP contribution in [-0.2, 0) is 13.1 Å². The van der Waals surface area contributed by atoms with Crippen molar-refractivity contribution in [3.05, 3.63) is 44.7 Å². The average molecular weight is 354 g/mol. The van der Waals surface area contributed by atoms with Gasteiger partial charge in [-0.15, -0.1) is 11.3 Å². The van der Waals surface area contributed by atoms with E-state index in [0.29, 0.717) is 0 Å². The molecule has 0 aliphatic carbocycles. The summed E-state index contributed by atoms with van der Waals surface area (Å²) in [6.07, 6.45) is 3.05. The van der Waals surface area contributed by atoms with E-state index in [9.17, 15) is 0 Å². The molecule has 0 aliphatic rings. The number of aromatic nitrogens is 1.